The van der Waals surface area contributed by atoms with Crippen LogP contribution in [0.4, 0.5) is 16.2 Å². The molecule has 3 N–H and O–H groups in total. The summed E-state index contributed by atoms with van der Waals surface area (Å²) < 4.78 is 10.5. The van der Waals surface area contributed by atoms with Gasteiger partial charge in [0.1, 0.15) is 0 Å². The lowest BCUT2D eigenvalue weighted by Gasteiger charge is -2.08. The molecule has 6 heteroatoms. The number of urea groups is 1. The number of anilines is 2. The summed E-state index contributed by atoms with van der Waals surface area (Å²) in [6, 6.07) is 12.7. The number of aromatic amines is 1. The summed E-state index contributed by atoms with van der Waals surface area (Å²) in [4.78, 5) is 15.4. The number of hydrogen-bond acceptors (Lipinski definition) is 3. The lowest BCUT2D eigenvalue weighted by molar-refractivity contribution is 0.174. The molecule has 2 aromatic carbocycles. The molecule has 0 bridgehead atoms. The van der Waals surface area contributed by atoms with Crippen LogP contribution < -0.4 is 20.1 Å². The van der Waals surface area contributed by atoms with Crippen LogP contribution in [0.3, 0.4) is 0 Å². The number of amides is 2. The SMILES string of the molecule is Cc1cc2cc(NC(=O)Nc3ccc4c(c3)OCO4)ccc2[nH]1. The highest BCUT2D eigenvalue weighted by atomic mass is 16.7. The number of hydrogen-bond donors (Lipinski definition) is 3. The molecule has 23 heavy (non-hydrogen) atoms. The summed E-state index contributed by atoms with van der Waals surface area (Å²) >= 11 is 0. The highest BCUT2D eigenvalue weighted by Gasteiger charge is 2.14. The van der Waals surface area contributed by atoms with Gasteiger partial charge in [0.25, 0.3) is 0 Å². The van der Waals surface area contributed by atoms with Gasteiger partial charge in [0.2, 0.25) is 6.79 Å². The van der Waals surface area contributed by atoms with Crippen molar-refractivity contribution in [2.45, 2.75) is 6.92 Å². The molecule has 2 heterocycles. The lowest BCUT2D eigenvalue weighted by atomic mass is 10.2. The molecule has 0 saturated heterocycles. The van der Waals surface area contributed by atoms with Crippen molar-refractivity contribution in [3.05, 3.63) is 48.2 Å². The fraction of sp³-hybridized carbons (Fsp3) is 0.118. The van der Waals surface area contributed by atoms with Gasteiger partial charge in [0, 0.05) is 34.0 Å². The number of carbonyl (C=O) groups excluding carboxylic acids is 1. The van der Waals surface area contributed by atoms with E-state index < -0.39 is 0 Å². The van der Waals surface area contributed by atoms with Crippen molar-refractivity contribution >= 4 is 28.3 Å². The Bertz CT molecular complexity index is 901. The molecule has 116 valence electrons. The van der Waals surface area contributed by atoms with E-state index in [2.05, 4.69) is 15.6 Å². The van der Waals surface area contributed by atoms with Gasteiger partial charge < -0.3 is 25.1 Å². The van der Waals surface area contributed by atoms with Crippen LogP contribution in [0.25, 0.3) is 10.9 Å². The zero-order valence-electron chi connectivity index (χ0n) is 12.5. The van der Waals surface area contributed by atoms with Crippen LogP contribution in [0.1, 0.15) is 5.69 Å². The van der Waals surface area contributed by atoms with Crippen molar-refractivity contribution in [1.29, 1.82) is 0 Å². The molecule has 4 rings (SSSR count). The van der Waals surface area contributed by atoms with Gasteiger partial charge in [-0.2, -0.15) is 0 Å². The third-order valence-corrected chi connectivity index (χ3v) is 3.64. The van der Waals surface area contributed by atoms with Crippen molar-refractivity contribution in [3.63, 3.8) is 0 Å². The summed E-state index contributed by atoms with van der Waals surface area (Å²) in [6.07, 6.45) is 0. The van der Waals surface area contributed by atoms with Gasteiger partial charge in [-0.1, -0.05) is 0 Å². The second kappa shape index (κ2) is 5.24. The topological polar surface area (TPSA) is 75.4 Å². The highest BCUT2D eigenvalue weighted by Crippen LogP contribution is 2.34. The molecule has 0 unspecified atom stereocenters. The molecule has 6 nitrogen and oxygen atoms in total. The van der Waals surface area contributed by atoms with Crippen LogP contribution >= 0.6 is 0 Å². The summed E-state index contributed by atoms with van der Waals surface area (Å²) in [5.41, 5.74) is 3.51. The van der Waals surface area contributed by atoms with Crippen LogP contribution in [0, 0.1) is 6.92 Å². The van der Waals surface area contributed by atoms with Crippen LogP contribution in [-0.2, 0) is 0 Å². The van der Waals surface area contributed by atoms with Gasteiger partial charge in [-0.3, -0.25) is 0 Å². The predicted molar refractivity (Wildman–Crippen MR) is 88.2 cm³/mol. The Labute approximate surface area is 132 Å². The number of nitrogens with one attached hydrogen (secondary N) is 3. The average Bonchev–Trinajstić information content (AvgIpc) is 3.11. The summed E-state index contributed by atoms with van der Waals surface area (Å²) in [7, 11) is 0. The average molecular weight is 309 g/mol. The lowest BCUT2D eigenvalue weighted by Crippen LogP contribution is -2.19. The molecule has 1 aliphatic rings. The van der Waals surface area contributed by atoms with E-state index in [1.165, 1.54) is 0 Å². The first-order valence-electron chi connectivity index (χ1n) is 7.24. The van der Waals surface area contributed by atoms with Gasteiger partial charge in [0.05, 0.1) is 0 Å². The molecule has 0 atom stereocenters. The fourth-order valence-electron chi connectivity index (χ4n) is 2.62. The van der Waals surface area contributed by atoms with E-state index in [9.17, 15) is 4.79 Å². The van der Waals surface area contributed by atoms with E-state index in [-0.39, 0.29) is 12.8 Å². The normalized spacial score (nSPS) is 12.4. The van der Waals surface area contributed by atoms with Crippen LogP contribution in [0.5, 0.6) is 11.5 Å². The minimum absolute atomic E-state index is 0.209. The number of ether oxygens (including phenoxy) is 2. The molecular weight excluding hydrogens is 294 g/mol. The Morgan fingerprint density at radius 3 is 2.61 bits per heavy atom. The van der Waals surface area contributed by atoms with Crippen molar-refractivity contribution < 1.29 is 14.3 Å². The van der Waals surface area contributed by atoms with E-state index in [1.54, 1.807) is 18.2 Å². The quantitative estimate of drug-likeness (QED) is 0.673. The highest BCUT2D eigenvalue weighted by molar-refractivity contribution is 6.01. The molecule has 1 aliphatic heterocycles. The minimum Gasteiger partial charge on any atom is -0.454 e. The largest absolute Gasteiger partial charge is 0.454 e. The van der Waals surface area contributed by atoms with Gasteiger partial charge >= 0.3 is 6.03 Å². The maximum Gasteiger partial charge on any atom is 0.323 e. The third kappa shape index (κ3) is 2.66. The van der Waals surface area contributed by atoms with Gasteiger partial charge in [-0.05, 0) is 43.3 Å². The predicted octanol–water partition coefficient (Wildman–Crippen LogP) is 3.85. The van der Waals surface area contributed by atoms with Gasteiger partial charge in [-0.15, -0.1) is 0 Å². The van der Waals surface area contributed by atoms with Crippen LogP contribution in [0.15, 0.2) is 42.5 Å². The van der Waals surface area contributed by atoms with Crippen molar-refractivity contribution in [1.82, 2.24) is 4.98 Å². The van der Waals surface area contributed by atoms with Crippen molar-refractivity contribution in [2.75, 3.05) is 17.4 Å². The standard InChI is InChI=1S/C17H15N3O3/c1-10-6-11-7-12(2-4-14(11)18-10)19-17(21)20-13-3-5-15-16(8-13)23-9-22-15/h2-8,18H,9H2,1H3,(H2,19,20,21). The maximum atomic E-state index is 12.1. The maximum absolute atomic E-state index is 12.1. The Morgan fingerprint density at radius 2 is 1.74 bits per heavy atom. The monoisotopic (exact) mass is 309 g/mol. The first-order chi connectivity index (χ1) is 11.2. The van der Waals surface area contributed by atoms with Gasteiger partial charge in [-0.25, -0.2) is 4.79 Å². The molecule has 2 amide bonds. The minimum atomic E-state index is -0.310. The smallest absolute Gasteiger partial charge is 0.323 e. The first kappa shape index (κ1) is 13.5. The van der Waals surface area contributed by atoms with E-state index in [1.807, 2.05) is 31.2 Å². The Hall–Kier alpha value is -3.15. The zero-order chi connectivity index (χ0) is 15.8. The first-order valence-corrected chi connectivity index (χ1v) is 7.24. The van der Waals surface area contributed by atoms with E-state index in [0.29, 0.717) is 17.2 Å². The molecule has 0 fully saturated rings. The van der Waals surface area contributed by atoms with Gasteiger partial charge in [0.15, 0.2) is 11.5 Å². The summed E-state index contributed by atoms with van der Waals surface area (Å²) in [5.74, 6) is 1.32. The van der Waals surface area contributed by atoms with E-state index >= 15 is 0 Å². The third-order valence-electron chi connectivity index (χ3n) is 3.64. The molecular formula is C17H15N3O3. The summed E-state index contributed by atoms with van der Waals surface area (Å²) in [5, 5.41) is 6.66. The number of aryl methyl sites for hydroxylation is 1. The Morgan fingerprint density at radius 1 is 1.00 bits per heavy atom. The number of fused-ring (bicyclic) bond motifs is 2. The molecule has 3 aromatic rings. The van der Waals surface area contributed by atoms with E-state index in [4.69, 9.17) is 9.47 Å². The molecule has 1 aromatic heterocycles. The van der Waals surface area contributed by atoms with Crippen molar-refractivity contribution in [3.8, 4) is 11.5 Å². The molecule has 0 spiro atoms. The fourth-order valence-corrected chi connectivity index (χ4v) is 2.62. The molecule has 0 radical (unpaired) electrons. The van der Waals surface area contributed by atoms with Crippen LogP contribution in [-0.4, -0.2) is 17.8 Å². The molecule has 0 aliphatic carbocycles. The molecule has 0 saturated carbocycles. The Balaban J connectivity index is 1.48. The number of carbonyl (C=O) groups is 1. The summed E-state index contributed by atoms with van der Waals surface area (Å²) in [6.45, 7) is 2.21. The second-order valence-electron chi connectivity index (χ2n) is 5.40. The number of aromatic nitrogens is 1. The van der Waals surface area contributed by atoms with Crippen LogP contribution in [0.2, 0.25) is 0 Å². The van der Waals surface area contributed by atoms with Crippen molar-refractivity contribution in [2.24, 2.45) is 0 Å². The Kier molecular flexibility index (Phi) is 3.08. The van der Waals surface area contributed by atoms with E-state index in [0.717, 1.165) is 22.3 Å². The zero-order valence-corrected chi connectivity index (χ0v) is 12.5. The number of rotatable bonds is 2. The number of benzene rings is 2. The second-order valence-corrected chi connectivity index (χ2v) is 5.40. The number of H-pyrrole nitrogens is 1.